The molecule has 1 heterocycles. The van der Waals surface area contributed by atoms with Crippen molar-refractivity contribution in [3.05, 3.63) is 23.9 Å². The molecule has 0 aliphatic carbocycles. The van der Waals surface area contributed by atoms with Crippen molar-refractivity contribution < 1.29 is 14.8 Å². The SMILES string of the molecule is CON\C=C/C=C(C)/C(Cl)=N/OCC(O)CN1CCCCC1. The van der Waals surface area contributed by atoms with E-state index in [0.717, 1.165) is 18.7 Å². The zero-order chi connectivity index (χ0) is 16.2. The van der Waals surface area contributed by atoms with E-state index in [1.807, 2.05) is 6.92 Å². The molecular formula is C15H26ClN3O3. The van der Waals surface area contributed by atoms with E-state index in [-0.39, 0.29) is 11.8 Å². The second-order valence-electron chi connectivity index (χ2n) is 5.22. The van der Waals surface area contributed by atoms with Crippen molar-refractivity contribution in [2.45, 2.75) is 32.3 Å². The van der Waals surface area contributed by atoms with Gasteiger partial charge in [0.05, 0.1) is 7.11 Å². The van der Waals surface area contributed by atoms with Crippen LogP contribution < -0.4 is 5.48 Å². The number of rotatable bonds is 9. The Kier molecular flexibility index (Phi) is 9.90. The van der Waals surface area contributed by atoms with E-state index in [1.165, 1.54) is 26.4 Å². The molecule has 1 aliphatic heterocycles. The first kappa shape index (κ1) is 19.0. The Balaban J connectivity index is 2.27. The van der Waals surface area contributed by atoms with Crippen LogP contribution in [-0.4, -0.2) is 54.6 Å². The van der Waals surface area contributed by atoms with Crippen LogP contribution >= 0.6 is 11.6 Å². The van der Waals surface area contributed by atoms with Gasteiger partial charge in [-0.25, -0.2) is 0 Å². The number of nitrogens with one attached hydrogen (secondary N) is 1. The van der Waals surface area contributed by atoms with Crippen molar-refractivity contribution in [2.24, 2.45) is 5.16 Å². The number of nitrogens with zero attached hydrogens (tertiary/aromatic N) is 2. The maximum atomic E-state index is 9.93. The molecule has 1 atom stereocenters. The van der Waals surface area contributed by atoms with E-state index < -0.39 is 6.10 Å². The lowest BCUT2D eigenvalue weighted by Gasteiger charge is -2.27. The first-order valence-corrected chi connectivity index (χ1v) is 7.89. The summed E-state index contributed by atoms with van der Waals surface area (Å²) in [6.07, 6.45) is 8.26. The summed E-state index contributed by atoms with van der Waals surface area (Å²) in [7, 11) is 1.53. The minimum Gasteiger partial charge on any atom is -0.392 e. The summed E-state index contributed by atoms with van der Waals surface area (Å²) >= 11 is 6.00. The van der Waals surface area contributed by atoms with Crippen LogP contribution in [0.2, 0.25) is 0 Å². The minimum absolute atomic E-state index is 0.140. The molecule has 1 unspecified atom stereocenters. The average molecular weight is 332 g/mol. The molecule has 0 aromatic carbocycles. The van der Waals surface area contributed by atoms with Gasteiger partial charge in [-0.2, -0.15) is 0 Å². The molecule has 0 radical (unpaired) electrons. The second-order valence-corrected chi connectivity index (χ2v) is 5.58. The lowest BCUT2D eigenvalue weighted by molar-refractivity contribution is 0.0161. The number of hydrogen-bond donors (Lipinski definition) is 2. The third-order valence-electron chi connectivity index (χ3n) is 3.28. The fraction of sp³-hybridized carbons (Fsp3) is 0.667. The Morgan fingerprint density at radius 1 is 1.41 bits per heavy atom. The van der Waals surface area contributed by atoms with Gasteiger partial charge in [-0.15, -0.1) is 0 Å². The van der Waals surface area contributed by atoms with Gasteiger partial charge in [0.2, 0.25) is 0 Å². The number of β-amino-alcohol motifs (C(OH)–C–C–N with tert-alkyl or cyclic N) is 1. The fourth-order valence-electron chi connectivity index (χ4n) is 2.11. The van der Waals surface area contributed by atoms with Crippen molar-refractivity contribution in [1.82, 2.24) is 10.4 Å². The Labute approximate surface area is 137 Å². The van der Waals surface area contributed by atoms with E-state index in [9.17, 15) is 5.11 Å². The van der Waals surface area contributed by atoms with Gasteiger partial charge < -0.3 is 14.8 Å². The first-order chi connectivity index (χ1) is 10.6. The predicted octanol–water partition coefficient (Wildman–Crippen LogP) is 2.01. The first-order valence-electron chi connectivity index (χ1n) is 7.51. The smallest absolute Gasteiger partial charge is 0.171 e. The maximum Gasteiger partial charge on any atom is 0.171 e. The lowest BCUT2D eigenvalue weighted by atomic mass is 10.1. The van der Waals surface area contributed by atoms with Crippen molar-refractivity contribution in [1.29, 1.82) is 0 Å². The van der Waals surface area contributed by atoms with Crippen molar-refractivity contribution >= 4 is 16.8 Å². The third-order valence-corrected chi connectivity index (χ3v) is 3.65. The highest BCUT2D eigenvalue weighted by atomic mass is 35.5. The van der Waals surface area contributed by atoms with Gasteiger partial charge in [-0.05, 0) is 44.5 Å². The highest BCUT2D eigenvalue weighted by Gasteiger charge is 2.14. The molecule has 0 saturated carbocycles. The highest BCUT2D eigenvalue weighted by Crippen LogP contribution is 2.09. The minimum atomic E-state index is -0.554. The summed E-state index contributed by atoms with van der Waals surface area (Å²) in [6, 6.07) is 0. The van der Waals surface area contributed by atoms with Crippen LogP contribution in [0.25, 0.3) is 0 Å². The summed E-state index contributed by atoms with van der Waals surface area (Å²) in [5, 5.41) is 14.0. The van der Waals surface area contributed by atoms with E-state index in [4.69, 9.17) is 16.4 Å². The van der Waals surface area contributed by atoms with Crippen LogP contribution in [0, 0.1) is 0 Å². The standard InChI is InChI=1S/C15H26ClN3O3/c1-13(7-6-8-17-21-2)15(16)18-22-12-14(20)11-19-9-4-3-5-10-19/h6-8,14,17,20H,3-5,9-12H2,1-2H3/b8-6-,13-7+,18-15-. The third kappa shape index (κ3) is 8.38. The van der Waals surface area contributed by atoms with Gasteiger partial charge in [-0.3, -0.25) is 10.3 Å². The van der Waals surface area contributed by atoms with Gasteiger partial charge in [0, 0.05) is 12.7 Å². The van der Waals surface area contributed by atoms with Gasteiger partial charge in [-0.1, -0.05) is 29.3 Å². The molecule has 2 N–H and O–H groups in total. The van der Waals surface area contributed by atoms with E-state index in [0.29, 0.717) is 6.54 Å². The number of allylic oxidation sites excluding steroid dienone is 3. The zero-order valence-corrected chi connectivity index (χ0v) is 14.1. The van der Waals surface area contributed by atoms with Crippen molar-refractivity contribution in [2.75, 3.05) is 33.4 Å². The fourth-order valence-corrected chi connectivity index (χ4v) is 2.23. The number of hydrogen-bond acceptors (Lipinski definition) is 6. The summed E-state index contributed by atoms with van der Waals surface area (Å²) in [6.45, 7) is 4.67. The molecule has 1 saturated heterocycles. The second kappa shape index (κ2) is 11.5. The number of piperidine rings is 1. The predicted molar refractivity (Wildman–Crippen MR) is 88.6 cm³/mol. The molecule has 1 fully saturated rings. The number of hydroxylamine groups is 1. The Bertz CT molecular complexity index is 393. The largest absolute Gasteiger partial charge is 0.392 e. The number of aliphatic hydroxyl groups excluding tert-OH is 1. The van der Waals surface area contributed by atoms with E-state index >= 15 is 0 Å². The van der Waals surface area contributed by atoms with Crippen molar-refractivity contribution in [3.63, 3.8) is 0 Å². The van der Waals surface area contributed by atoms with Crippen LogP contribution in [-0.2, 0) is 9.68 Å². The number of likely N-dealkylation sites (tertiary alicyclic amines) is 1. The Hall–Kier alpha value is -1.08. The summed E-state index contributed by atoms with van der Waals surface area (Å²) < 4.78 is 0. The van der Waals surface area contributed by atoms with Crippen LogP contribution in [0.4, 0.5) is 0 Å². The molecule has 1 aliphatic rings. The number of halogens is 1. The zero-order valence-electron chi connectivity index (χ0n) is 13.3. The maximum absolute atomic E-state index is 9.93. The highest BCUT2D eigenvalue weighted by molar-refractivity contribution is 6.69. The topological polar surface area (TPSA) is 66.3 Å². The summed E-state index contributed by atoms with van der Waals surface area (Å²) in [4.78, 5) is 12.0. The molecule has 22 heavy (non-hydrogen) atoms. The lowest BCUT2D eigenvalue weighted by Crippen LogP contribution is -2.38. The van der Waals surface area contributed by atoms with Crippen LogP contribution in [0.1, 0.15) is 26.2 Å². The van der Waals surface area contributed by atoms with Crippen molar-refractivity contribution in [3.8, 4) is 0 Å². The molecule has 7 heteroatoms. The normalized spacial score (nSPS) is 19.5. The van der Waals surface area contributed by atoms with Crippen LogP contribution in [0.15, 0.2) is 29.1 Å². The monoisotopic (exact) mass is 331 g/mol. The van der Waals surface area contributed by atoms with Crippen LogP contribution in [0.3, 0.4) is 0 Å². The molecule has 1 rings (SSSR count). The van der Waals surface area contributed by atoms with E-state index in [1.54, 1.807) is 18.4 Å². The van der Waals surface area contributed by atoms with Gasteiger partial charge >= 0.3 is 0 Å². The Morgan fingerprint density at radius 3 is 2.82 bits per heavy atom. The molecule has 0 aromatic heterocycles. The van der Waals surface area contributed by atoms with E-state index in [2.05, 4.69) is 20.4 Å². The molecule has 0 amide bonds. The molecule has 0 spiro atoms. The van der Waals surface area contributed by atoms with Crippen LogP contribution in [0.5, 0.6) is 0 Å². The van der Waals surface area contributed by atoms with Gasteiger partial charge in [0.25, 0.3) is 0 Å². The summed E-state index contributed by atoms with van der Waals surface area (Å²) in [5.74, 6) is 0. The molecule has 126 valence electrons. The molecule has 0 aromatic rings. The average Bonchev–Trinajstić information content (AvgIpc) is 2.52. The quantitative estimate of drug-likeness (QED) is 0.384. The van der Waals surface area contributed by atoms with Gasteiger partial charge in [0.1, 0.15) is 12.7 Å². The Morgan fingerprint density at radius 2 is 2.14 bits per heavy atom. The molecule has 0 bridgehead atoms. The molecule has 6 nitrogen and oxygen atoms in total. The number of oxime groups is 1. The number of aliphatic hydroxyl groups is 1. The van der Waals surface area contributed by atoms with Gasteiger partial charge in [0.15, 0.2) is 5.17 Å². The summed E-state index contributed by atoms with van der Waals surface area (Å²) in [5.41, 5.74) is 3.31. The molecular weight excluding hydrogens is 306 g/mol.